The molecule has 2 unspecified atom stereocenters. The Kier molecular flexibility index (Phi) is 4.31. The Morgan fingerprint density at radius 1 is 1.32 bits per heavy atom. The summed E-state index contributed by atoms with van der Waals surface area (Å²) in [6.45, 7) is 11.9. The fourth-order valence-corrected chi connectivity index (χ4v) is 3.42. The van der Waals surface area contributed by atoms with Gasteiger partial charge in [0.15, 0.2) is 0 Å². The number of aromatic nitrogens is 2. The number of hydrogen-bond donors (Lipinski definition) is 0. The highest BCUT2D eigenvalue weighted by Gasteiger charge is 2.28. The van der Waals surface area contributed by atoms with E-state index in [0.29, 0.717) is 16.4 Å². The average molecular weight is 300 g/mol. The van der Waals surface area contributed by atoms with Gasteiger partial charge in [0, 0.05) is 35.1 Å². The zero-order valence-electron chi connectivity index (χ0n) is 12.3. The maximum absolute atomic E-state index is 6.18. The van der Waals surface area contributed by atoms with Gasteiger partial charge in [0.1, 0.15) is 16.8 Å². The number of rotatable bonds is 1. The van der Waals surface area contributed by atoms with Crippen molar-refractivity contribution in [3.63, 3.8) is 0 Å². The molecule has 0 aliphatic carbocycles. The summed E-state index contributed by atoms with van der Waals surface area (Å²) in [5.41, 5.74) is -0.0843. The van der Waals surface area contributed by atoms with E-state index in [1.54, 1.807) is 0 Å². The second-order valence-electron chi connectivity index (χ2n) is 6.13. The Morgan fingerprint density at radius 3 is 2.63 bits per heavy atom. The van der Waals surface area contributed by atoms with Crippen LogP contribution in [0.3, 0.4) is 0 Å². The lowest BCUT2D eigenvalue weighted by molar-refractivity contribution is 0.539. The Labute approximate surface area is 125 Å². The minimum Gasteiger partial charge on any atom is -0.352 e. The molecule has 2 heterocycles. The van der Waals surface area contributed by atoms with Crippen LogP contribution in [-0.2, 0) is 5.41 Å². The highest BCUT2D eigenvalue weighted by Crippen LogP contribution is 2.30. The predicted molar refractivity (Wildman–Crippen MR) is 84.5 cm³/mol. The summed E-state index contributed by atoms with van der Waals surface area (Å²) >= 11 is 8.20. The minimum absolute atomic E-state index is 0.0843. The van der Waals surface area contributed by atoms with Crippen molar-refractivity contribution in [2.45, 2.75) is 51.3 Å². The first-order chi connectivity index (χ1) is 8.79. The summed E-state index contributed by atoms with van der Waals surface area (Å²) in [6, 6.07) is 2.35. The third-order valence-electron chi connectivity index (χ3n) is 3.53. The van der Waals surface area contributed by atoms with Gasteiger partial charge < -0.3 is 4.90 Å². The summed E-state index contributed by atoms with van der Waals surface area (Å²) in [6.07, 6.45) is 0. The fraction of sp³-hybridized carbons (Fsp3) is 0.714. The van der Waals surface area contributed by atoms with E-state index in [9.17, 15) is 0 Å². The maximum Gasteiger partial charge on any atom is 0.137 e. The van der Waals surface area contributed by atoms with Gasteiger partial charge in [-0.15, -0.1) is 0 Å². The second kappa shape index (κ2) is 5.49. The first-order valence-electron chi connectivity index (χ1n) is 6.72. The molecule has 19 heavy (non-hydrogen) atoms. The Bertz CT molecular complexity index is 458. The van der Waals surface area contributed by atoms with Crippen molar-refractivity contribution in [1.82, 2.24) is 9.97 Å². The van der Waals surface area contributed by atoms with Crippen molar-refractivity contribution in [1.29, 1.82) is 0 Å². The van der Waals surface area contributed by atoms with Crippen molar-refractivity contribution in [3.05, 3.63) is 17.0 Å². The van der Waals surface area contributed by atoms with Crippen molar-refractivity contribution < 1.29 is 0 Å². The fourth-order valence-electron chi connectivity index (χ4n) is 2.14. The van der Waals surface area contributed by atoms with Crippen LogP contribution in [0.15, 0.2) is 6.07 Å². The van der Waals surface area contributed by atoms with E-state index in [4.69, 9.17) is 16.6 Å². The summed E-state index contributed by atoms with van der Waals surface area (Å²) in [7, 11) is 0. The maximum atomic E-state index is 6.18. The number of halogens is 1. The van der Waals surface area contributed by atoms with E-state index in [1.165, 1.54) is 0 Å². The molecule has 0 amide bonds. The summed E-state index contributed by atoms with van der Waals surface area (Å²) < 4.78 is 0. The molecule has 2 atom stereocenters. The third kappa shape index (κ3) is 3.34. The zero-order chi connectivity index (χ0) is 14.2. The molecule has 0 bridgehead atoms. The summed E-state index contributed by atoms with van der Waals surface area (Å²) in [5.74, 6) is 2.91. The van der Waals surface area contributed by atoms with Gasteiger partial charge >= 0.3 is 0 Å². The first-order valence-corrected chi connectivity index (χ1v) is 8.15. The van der Waals surface area contributed by atoms with Gasteiger partial charge in [0.25, 0.3) is 0 Å². The van der Waals surface area contributed by atoms with E-state index in [2.05, 4.69) is 44.5 Å². The molecule has 5 heteroatoms. The quantitative estimate of drug-likeness (QED) is 0.738. The van der Waals surface area contributed by atoms with E-state index in [1.807, 2.05) is 17.8 Å². The van der Waals surface area contributed by atoms with Gasteiger partial charge in [-0.25, -0.2) is 9.97 Å². The second-order valence-corrected chi connectivity index (χ2v) is 8.00. The molecular formula is C14H22ClN3S. The van der Waals surface area contributed by atoms with Crippen LogP contribution in [0.4, 0.5) is 5.82 Å². The lowest BCUT2D eigenvalue weighted by atomic mass is 9.96. The van der Waals surface area contributed by atoms with Gasteiger partial charge in [-0.05, 0) is 6.92 Å². The average Bonchev–Trinajstić information content (AvgIpc) is 2.31. The Morgan fingerprint density at radius 2 is 2.00 bits per heavy atom. The van der Waals surface area contributed by atoms with Crippen LogP contribution in [0.25, 0.3) is 0 Å². The normalized spacial score (nSPS) is 24.6. The largest absolute Gasteiger partial charge is 0.352 e. The standard InChI is InChI=1S/C14H22ClN3S/c1-9-10(2)19-7-6-18(9)12-8-11(15)16-13(17-12)14(3,4)5/h8-10H,6-7H2,1-5H3. The molecule has 0 N–H and O–H groups in total. The molecular weight excluding hydrogens is 278 g/mol. The number of anilines is 1. The molecule has 0 aromatic carbocycles. The predicted octanol–water partition coefficient (Wildman–Crippen LogP) is 3.76. The van der Waals surface area contributed by atoms with Crippen molar-refractivity contribution in [3.8, 4) is 0 Å². The Balaban J connectivity index is 2.36. The Hall–Kier alpha value is -0.480. The molecule has 1 aliphatic heterocycles. The van der Waals surface area contributed by atoms with E-state index < -0.39 is 0 Å². The van der Waals surface area contributed by atoms with Crippen LogP contribution < -0.4 is 4.90 Å². The molecule has 0 saturated carbocycles. The molecule has 2 rings (SSSR count). The van der Waals surface area contributed by atoms with Crippen molar-refractivity contribution >= 4 is 29.2 Å². The van der Waals surface area contributed by atoms with Crippen LogP contribution >= 0.6 is 23.4 Å². The molecule has 1 aliphatic rings. The number of hydrogen-bond acceptors (Lipinski definition) is 4. The van der Waals surface area contributed by atoms with E-state index in [-0.39, 0.29) is 5.41 Å². The third-order valence-corrected chi connectivity index (χ3v) is 5.06. The molecule has 1 aromatic rings. The van der Waals surface area contributed by atoms with Gasteiger partial charge in [0.2, 0.25) is 0 Å². The molecule has 1 saturated heterocycles. The summed E-state index contributed by atoms with van der Waals surface area (Å²) in [4.78, 5) is 11.5. The van der Waals surface area contributed by atoms with Crippen LogP contribution in [0.2, 0.25) is 5.15 Å². The highest BCUT2D eigenvalue weighted by molar-refractivity contribution is 8.00. The highest BCUT2D eigenvalue weighted by atomic mass is 35.5. The molecule has 1 aromatic heterocycles. The molecule has 1 fully saturated rings. The number of thioether (sulfide) groups is 1. The molecule has 0 spiro atoms. The van der Waals surface area contributed by atoms with Gasteiger partial charge in [-0.1, -0.05) is 39.3 Å². The molecule has 3 nitrogen and oxygen atoms in total. The van der Waals surface area contributed by atoms with Gasteiger partial charge in [-0.3, -0.25) is 0 Å². The SMILES string of the molecule is CC1SCCN(c2cc(Cl)nc(C(C)(C)C)n2)C1C. The van der Waals surface area contributed by atoms with Gasteiger partial charge in [-0.2, -0.15) is 11.8 Å². The topological polar surface area (TPSA) is 29.0 Å². The van der Waals surface area contributed by atoms with Crippen LogP contribution in [0, 0.1) is 0 Å². The first kappa shape index (κ1) is 14.9. The zero-order valence-corrected chi connectivity index (χ0v) is 13.8. The van der Waals surface area contributed by atoms with Crippen molar-refractivity contribution in [2.75, 3.05) is 17.2 Å². The minimum atomic E-state index is -0.0843. The molecule has 0 radical (unpaired) electrons. The van der Waals surface area contributed by atoms with Crippen LogP contribution in [0.1, 0.15) is 40.4 Å². The molecule has 106 valence electrons. The number of nitrogens with zero attached hydrogens (tertiary/aromatic N) is 3. The van der Waals surface area contributed by atoms with Gasteiger partial charge in [0.05, 0.1) is 0 Å². The monoisotopic (exact) mass is 299 g/mol. The van der Waals surface area contributed by atoms with E-state index >= 15 is 0 Å². The van der Waals surface area contributed by atoms with E-state index in [0.717, 1.165) is 23.9 Å². The lowest BCUT2D eigenvalue weighted by Gasteiger charge is -2.38. The lowest BCUT2D eigenvalue weighted by Crippen LogP contribution is -2.45. The summed E-state index contributed by atoms with van der Waals surface area (Å²) in [5, 5.41) is 1.15. The van der Waals surface area contributed by atoms with Crippen LogP contribution in [-0.4, -0.2) is 33.6 Å². The van der Waals surface area contributed by atoms with Crippen molar-refractivity contribution in [2.24, 2.45) is 0 Å². The smallest absolute Gasteiger partial charge is 0.137 e. The van der Waals surface area contributed by atoms with Crippen LogP contribution in [0.5, 0.6) is 0 Å².